The molecule has 3 aromatic heterocycles. The van der Waals surface area contributed by atoms with Crippen molar-refractivity contribution < 1.29 is 9.21 Å². The largest absolute Gasteiger partial charge is 0.467 e. The first kappa shape index (κ1) is 22.2. The lowest BCUT2D eigenvalue weighted by Crippen LogP contribution is -2.23. The Morgan fingerprint density at radius 1 is 1.11 bits per heavy atom. The summed E-state index contributed by atoms with van der Waals surface area (Å²) in [5.41, 5.74) is 10.7. The van der Waals surface area contributed by atoms with E-state index in [1.165, 1.54) is 11.3 Å². The number of thiophene rings is 1. The predicted octanol–water partition coefficient (Wildman–Crippen LogP) is 5.99. The number of nitrogen functional groups attached to an aromatic ring is 1. The molecule has 0 atom stereocenters. The van der Waals surface area contributed by atoms with Gasteiger partial charge in [0.05, 0.1) is 23.0 Å². The van der Waals surface area contributed by atoms with Crippen LogP contribution in [-0.4, -0.2) is 10.9 Å². The molecule has 0 saturated carbocycles. The number of hydrogen-bond donors (Lipinski definition) is 3. The van der Waals surface area contributed by atoms with Crippen LogP contribution in [0.1, 0.15) is 27.2 Å². The Labute approximate surface area is 205 Å². The molecule has 0 fully saturated rings. The van der Waals surface area contributed by atoms with Crippen LogP contribution in [0.4, 0.5) is 16.5 Å². The van der Waals surface area contributed by atoms with Gasteiger partial charge in [-0.3, -0.25) is 4.79 Å². The standard InChI is InChI=1S/C27H21N5O2S/c1-16-8-5-6-12-20(16)31-27-22(26(33)30-15-18-11-7-13-34-18)23-24(35-27)21(17-9-3-2-4-10-17)19(14-28)25(29)32-23/h2-13,31H,15H2,1H3,(H2,29,32)(H,30,33). The highest BCUT2D eigenvalue weighted by Crippen LogP contribution is 2.44. The number of nitrogens with one attached hydrogen (secondary N) is 2. The molecule has 7 nitrogen and oxygen atoms in total. The number of carbonyl (C=O) groups excluding carboxylic acids is 1. The van der Waals surface area contributed by atoms with E-state index in [0.29, 0.717) is 32.1 Å². The average molecular weight is 480 g/mol. The molecule has 0 bridgehead atoms. The number of anilines is 3. The maximum absolute atomic E-state index is 13.5. The number of aromatic nitrogens is 1. The third kappa shape index (κ3) is 4.21. The summed E-state index contributed by atoms with van der Waals surface area (Å²) in [7, 11) is 0. The van der Waals surface area contributed by atoms with Crippen LogP contribution in [0.15, 0.2) is 77.4 Å². The Bertz CT molecular complexity index is 1570. The van der Waals surface area contributed by atoms with Crippen LogP contribution in [0.3, 0.4) is 0 Å². The Morgan fingerprint density at radius 3 is 2.60 bits per heavy atom. The minimum Gasteiger partial charge on any atom is -0.467 e. The molecule has 3 heterocycles. The predicted molar refractivity (Wildman–Crippen MR) is 139 cm³/mol. The van der Waals surface area contributed by atoms with Gasteiger partial charge in [-0.05, 0) is 36.2 Å². The number of fused-ring (bicyclic) bond motifs is 1. The fourth-order valence-electron chi connectivity index (χ4n) is 3.91. The fourth-order valence-corrected chi connectivity index (χ4v) is 5.14. The highest BCUT2D eigenvalue weighted by atomic mass is 32.1. The number of nitrogens with two attached hydrogens (primary N) is 1. The van der Waals surface area contributed by atoms with E-state index in [-0.39, 0.29) is 23.8 Å². The van der Waals surface area contributed by atoms with E-state index in [2.05, 4.69) is 21.7 Å². The number of benzene rings is 2. The van der Waals surface area contributed by atoms with Gasteiger partial charge < -0.3 is 20.8 Å². The van der Waals surface area contributed by atoms with E-state index in [0.717, 1.165) is 16.8 Å². The van der Waals surface area contributed by atoms with E-state index in [9.17, 15) is 10.1 Å². The molecule has 0 radical (unpaired) electrons. The van der Waals surface area contributed by atoms with Crippen molar-refractivity contribution in [1.82, 2.24) is 10.3 Å². The number of nitriles is 1. The van der Waals surface area contributed by atoms with Gasteiger partial charge >= 0.3 is 0 Å². The maximum atomic E-state index is 13.5. The van der Waals surface area contributed by atoms with Crippen molar-refractivity contribution in [3.8, 4) is 17.2 Å². The smallest absolute Gasteiger partial charge is 0.256 e. The van der Waals surface area contributed by atoms with Gasteiger partial charge in [0.1, 0.15) is 33.8 Å². The maximum Gasteiger partial charge on any atom is 0.256 e. The van der Waals surface area contributed by atoms with Crippen molar-refractivity contribution in [1.29, 1.82) is 5.26 Å². The van der Waals surface area contributed by atoms with Crippen LogP contribution in [0.2, 0.25) is 0 Å². The zero-order valence-electron chi connectivity index (χ0n) is 18.8. The number of carbonyl (C=O) groups is 1. The molecule has 0 aliphatic rings. The van der Waals surface area contributed by atoms with Crippen LogP contribution in [-0.2, 0) is 6.54 Å². The molecule has 0 aliphatic heterocycles. The minimum absolute atomic E-state index is 0.0826. The van der Waals surface area contributed by atoms with Crippen LogP contribution in [0, 0.1) is 18.3 Å². The second-order valence-electron chi connectivity index (χ2n) is 7.91. The summed E-state index contributed by atoms with van der Waals surface area (Å²) >= 11 is 1.37. The lowest BCUT2D eigenvalue weighted by Gasteiger charge is -2.10. The van der Waals surface area contributed by atoms with Gasteiger partial charge in [0.25, 0.3) is 5.91 Å². The molecule has 8 heteroatoms. The van der Waals surface area contributed by atoms with Crippen molar-refractivity contribution in [3.05, 3.63) is 95.4 Å². The van der Waals surface area contributed by atoms with Crippen LogP contribution in [0.5, 0.6) is 0 Å². The van der Waals surface area contributed by atoms with E-state index < -0.39 is 0 Å². The summed E-state index contributed by atoms with van der Waals surface area (Å²) in [6.07, 6.45) is 1.56. The highest BCUT2D eigenvalue weighted by molar-refractivity contribution is 7.24. The number of hydrogen-bond acceptors (Lipinski definition) is 7. The first-order chi connectivity index (χ1) is 17.1. The van der Waals surface area contributed by atoms with E-state index in [1.54, 1.807) is 18.4 Å². The van der Waals surface area contributed by atoms with Gasteiger partial charge in [0.15, 0.2) is 0 Å². The lowest BCUT2D eigenvalue weighted by atomic mass is 10.00. The van der Waals surface area contributed by atoms with E-state index in [1.807, 2.05) is 61.5 Å². The van der Waals surface area contributed by atoms with Gasteiger partial charge in [0, 0.05) is 11.3 Å². The summed E-state index contributed by atoms with van der Waals surface area (Å²) in [6, 6.07) is 23.1. The monoisotopic (exact) mass is 479 g/mol. The Hall–Kier alpha value is -4.61. The Kier molecular flexibility index (Phi) is 5.92. The number of furan rings is 1. The number of pyridine rings is 1. The molecule has 0 saturated heterocycles. The molecule has 2 aromatic carbocycles. The van der Waals surface area contributed by atoms with Crippen molar-refractivity contribution in [2.45, 2.75) is 13.5 Å². The molecule has 0 spiro atoms. The first-order valence-electron chi connectivity index (χ1n) is 10.9. The van der Waals surface area contributed by atoms with Crippen LogP contribution >= 0.6 is 11.3 Å². The number of para-hydroxylation sites is 1. The van der Waals surface area contributed by atoms with Gasteiger partial charge in [-0.1, -0.05) is 48.5 Å². The zero-order chi connectivity index (χ0) is 24.4. The van der Waals surface area contributed by atoms with Gasteiger partial charge in [-0.15, -0.1) is 11.3 Å². The third-order valence-electron chi connectivity index (χ3n) is 5.65. The highest BCUT2D eigenvalue weighted by Gasteiger charge is 2.26. The Balaban J connectivity index is 1.72. The number of nitrogens with zero attached hydrogens (tertiary/aromatic N) is 2. The molecule has 5 aromatic rings. The summed E-state index contributed by atoms with van der Waals surface area (Å²) in [5, 5.41) is 16.8. The van der Waals surface area contributed by atoms with Crippen LogP contribution in [0.25, 0.3) is 21.3 Å². The van der Waals surface area contributed by atoms with Gasteiger partial charge in [-0.25, -0.2) is 4.98 Å². The molecule has 5 rings (SSSR count). The molecule has 35 heavy (non-hydrogen) atoms. The van der Waals surface area contributed by atoms with Crippen molar-refractivity contribution in [2.75, 3.05) is 11.1 Å². The molecule has 1 amide bonds. The molecule has 0 unspecified atom stereocenters. The second kappa shape index (κ2) is 9.33. The van der Waals surface area contributed by atoms with Gasteiger partial charge in [-0.2, -0.15) is 5.26 Å². The normalized spacial score (nSPS) is 10.7. The quantitative estimate of drug-likeness (QED) is 0.275. The Morgan fingerprint density at radius 2 is 1.89 bits per heavy atom. The second-order valence-corrected chi connectivity index (χ2v) is 8.93. The number of aryl methyl sites for hydroxylation is 1. The summed E-state index contributed by atoms with van der Waals surface area (Å²) in [4.78, 5) is 18.0. The average Bonchev–Trinajstić information content (AvgIpc) is 3.51. The van der Waals surface area contributed by atoms with Crippen molar-refractivity contribution in [2.24, 2.45) is 0 Å². The van der Waals surface area contributed by atoms with Gasteiger partial charge in [0.2, 0.25) is 0 Å². The molecule has 172 valence electrons. The SMILES string of the molecule is Cc1ccccc1Nc1sc2c(-c3ccccc3)c(C#N)c(N)nc2c1C(=O)NCc1ccco1. The lowest BCUT2D eigenvalue weighted by molar-refractivity contribution is 0.0950. The fraction of sp³-hybridized carbons (Fsp3) is 0.0741. The zero-order valence-corrected chi connectivity index (χ0v) is 19.6. The van der Waals surface area contributed by atoms with E-state index >= 15 is 0 Å². The minimum atomic E-state index is -0.320. The van der Waals surface area contributed by atoms with Crippen LogP contribution < -0.4 is 16.4 Å². The summed E-state index contributed by atoms with van der Waals surface area (Å²) < 4.78 is 6.07. The molecular formula is C27H21N5O2S. The molecular weight excluding hydrogens is 458 g/mol. The first-order valence-corrected chi connectivity index (χ1v) is 11.7. The summed E-state index contributed by atoms with van der Waals surface area (Å²) in [6.45, 7) is 2.22. The molecule has 4 N–H and O–H groups in total. The van der Waals surface area contributed by atoms with E-state index in [4.69, 9.17) is 10.2 Å². The molecule has 0 aliphatic carbocycles. The third-order valence-corrected chi connectivity index (χ3v) is 6.76. The number of rotatable bonds is 6. The number of amides is 1. The topological polar surface area (TPSA) is 117 Å². The summed E-state index contributed by atoms with van der Waals surface area (Å²) in [5.74, 6) is 0.397. The van der Waals surface area contributed by atoms with Crippen molar-refractivity contribution >= 4 is 44.0 Å². The van der Waals surface area contributed by atoms with Crippen molar-refractivity contribution in [3.63, 3.8) is 0 Å².